The first-order valence-electron chi connectivity index (χ1n) is 6.95. The molecule has 0 aliphatic heterocycles. The van der Waals surface area contributed by atoms with Crippen molar-refractivity contribution in [3.05, 3.63) is 63.1 Å². The number of halogens is 1. The minimum atomic E-state index is -0.616. The zero-order chi connectivity index (χ0) is 17.0. The van der Waals surface area contributed by atoms with Crippen molar-refractivity contribution in [3.8, 4) is 0 Å². The van der Waals surface area contributed by atoms with Crippen LogP contribution in [0.4, 0.5) is 5.69 Å². The topological polar surface area (TPSA) is 89.8 Å². The van der Waals surface area contributed by atoms with E-state index in [-0.39, 0.29) is 22.3 Å². The predicted octanol–water partition coefficient (Wildman–Crippen LogP) is 1.46. The van der Waals surface area contributed by atoms with Crippen LogP contribution in [0, 0.1) is 10.1 Å². The van der Waals surface area contributed by atoms with Crippen LogP contribution < -0.4 is 10.2 Å². The molecule has 0 bridgehead atoms. The quantitative estimate of drug-likeness (QED) is 0.616. The first kappa shape index (κ1) is 17.0. The van der Waals surface area contributed by atoms with Gasteiger partial charge in [0, 0.05) is 11.6 Å². The molecule has 23 heavy (non-hydrogen) atoms. The van der Waals surface area contributed by atoms with Crippen LogP contribution in [0.5, 0.6) is 0 Å². The number of nitrogens with zero attached hydrogens (tertiary/aromatic N) is 1. The monoisotopic (exact) mass is 338 g/mol. The number of nitro benzene ring substituents is 1. The van der Waals surface area contributed by atoms with E-state index < -0.39 is 10.8 Å². The third-order valence-corrected chi connectivity index (χ3v) is 3.77. The van der Waals surface area contributed by atoms with Crippen LogP contribution in [-0.4, -0.2) is 31.5 Å². The number of hydrogen-bond acceptors (Lipinski definition) is 4. The minimum Gasteiger partial charge on any atom is -0.463 e. The maximum Gasteiger partial charge on any atom is 0.288 e. The normalized spacial score (nSPS) is 12.2. The summed E-state index contributed by atoms with van der Waals surface area (Å²) in [4.78, 5) is 23.6. The molecule has 0 saturated heterocycles. The second kappa shape index (κ2) is 7.26. The molecular formula is C15H17ClN3O4+. The molecule has 122 valence electrons. The van der Waals surface area contributed by atoms with Gasteiger partial charge in [-0.15, -0.1) is 0 Å². The van der Waals surface area contributed by atoms with E-state index in [0.717, 1.165) is 10.7 Å². The summed E-state index contributed by atoms with van der Waals surface area (Å²) in [6.07, 6.45) is 1.58. The number of carbonyl (C=O) groups excluding carboxylic acids is 1. The number of likely N-dealkylation sites (N-methyl/N-ethyl adjacent to an activating group) is 1. The van der Waals surface area contributed by atoms with Crippen LogP contribution in [0.3, 0.4) is 0 Å². The molecule has 1 aromatic carbocycles. The smallest absolute Gasteiger partial charge is 0.288 e. The Bertz CT molecular complexity index is 701. The van der Waals surface area contributed by atoms with Crippen molar-refractivity contribution in [1.29, 1.82) is 0 Å². The molecule has 0 fully saturated rings. The summed E-state index contributed by atoms with van der Waals surface area (Å²) in [5.41, 5.74) is -0.104. The summed E-state index contributed by atoms with van der Waals surface area (Å²) < 4.78 is 5.38. The highest BCUT2D eigenvalue weighted by molar-refractivity contribution is 6.32. The number of amides is 1. The summed E-state index contributed by atoms with van der Waals surface area (Å²) >= 11 is 5.74. The first-order chi connectivity index (χ1) is 10.9. The third-order valence-electron chi connectivity index (χ3n) is 3.46. The van der Waals surface area contributed by atoms with E-state index in [4.69, 9.17) is 16.0 Å². The Kier molecular flexibility index (Phi) is 5.36. The Labute approximate surface area is 138 Å². The summed E-state index contributed by atoms with van der Waals surface area (Å²) in [5.74, 6) is 0.356. The van der Waals surface area contributed by atoms with Crippen molar-refractivity contribution in [2.45, 2.75) is 6.04 Å². The molecule has 7 nitrogen and oxygen atoms in total. The first-order valence-corrected chi connectivity index (χ1v) is 7.33. The highest BCUT2D eigenvalue weighted by Gasteiger charge is 2.22. The molecule has 0 spiro atoms. The second-order valence-electron chi connectivity index (χ2n) is 5.28. The Hall–Kier alpha value is -2.38. The van der Waals surface area contributed by atoms with Gasteiger partial charge in [-0.1, -0.05) is 11.6 Å². The number of benzene rings is 1. The van der Waals surface area contributed by atoms with Gasteiger partial charge in [0.05, 0.1) is 31.8 Å². The molecule has 0 aliphatic carbocycles. The van der Waals surface area contributed by atoms with Crippen LogP contribution in [0.15, 0.2) is 41.0 Å². The van der Waals surface area contributed by atoms with E-state index >= 15 is 0 Å². The fourth-order valence-corrected chi connectivity index (χ4v) is 2.36. The van der Waals surface area contributed by atoms with Gasteiger partial charge in [0.15, 0.2) is 11.8 Å². The zero-order valence-electron chi connectivity index (χ0n) is 12.7. The van der Waals surface area contributed by atoms with Gasteiger partial charge in [0.25, 0.3) is 11.6 Å². The summed E-state index contributed by atoms with van der Waals surface area (Å²) in [7, 11) is 3.90. The molecule has 1 amide bonds. The van der Waals surface area contributed by atoms with E-state index in [1.807, 2.05) is 20.2 Å². The average Bonchev–Trinajstić information content (AvgIpc) is 3.01. The molecule has 8 heteroatoms. The van der Waals surface area contributed by atoms with Crippen molar-refractivity contribution < 1.29 is 19.0 Å². The molecule has 0 unspecified atom stereocenters. The van der Waals surface area contributed by atoms with E-state index in [9.17, 15) is 14.9 Å². The Morgan fingerprint density at radius 2 is 2.17 bits per heavy atom. The van der Waals surface area contributed by atoms with Crippen LogP contribution >= 0.6 is 11.6 Å². The molecule has 2 rings (SSSR count). The van der Waals surface area contributed by atoms with Crippen molar-refractivity contribution >= 4 is 23.2 Å². The Morgan fingerprint density at radius 1 is 1.43 bits per heavy atom. The van der Waals surface area contributed by atoms with Gasteiger partial charge in [0.1, 0.15) is 5.02 Å². The third kappa shape index (κ3) is 4.08. The summed E-state index contributed by atoms with van der Waals surface area (Å²) in [5, 5.41) is 13.6. The molecule has 2 aromatic rings. The molecule has 1 atom stereocenters. The van der Waals surface area contributed by atoms with E-state index in [1.165, 1.54) is 18.2 Å². The molecule has 0 radical (unpaired) electrons. The maximum absolute atomic E-state index is 12.2. The predicted molar refractivity (Wildman–Crippen MR) is 84.7 cm³/mol. The fraction of sp³-hybridized carbons (Fsp3) is 0.267. The lowest BCUT2D eigenvalue weighted by Crippen LogP contribution is -3.07. The molecule has 0 aliphatic rings. The average molecular weight is 339 g/mol. The van der Waals surface area contributed by atoms with Crippen LogP contribution in [-0.2, 0) is 0 Å². The van der Waals surface area contributed by atoms with Crippen LogP contribution in [0.2, 0.25) is 5.02 Å². The lowest BCUT2D eigenvalue weighted by molar-refractivity contribution is -0.891. The SMILES string of the molecule is C[NH+](C)[C@@H](CNC(=O)c1ccc(Cl)c([N+](=O)[O-])c1)c1ccco1. The van der Waals surface area contributed by atoms with Gasteiger partial charge in [0.2, 0.25) is 0 Å². The number of carbonyl (C=O) groups is 1. The van der Waals surface area contributed by atoms with Gasteiger partial charge in [-0.3, -0.25) is 14.9 Å². The molecule has 0 saturated carbocycles. The summed E-state index contributed by atoms with van der Waals surface area (Å²) in [6.45, 7) is 0.338. The molecular weight excluding hydrogens is 322 g/mol. The lowest BCUT2D eigenvalue weighted by atomic mass is 10.1. The highest BCUT2D eigenvalue weighted by Crippen LogP contribution is 2.25. The number of nitrogens with one attached hydrogen (secondary N) is 2. The standard InChI is InChI=1S/C15H16ClN3O4/c1-18(2)13(14-4-3-7-23-14)9-17-15(20)10-5-6-11(16)12(8-10)19(21)22/h3-8,13H,9H2,1-2H3,(H,17,20)/p+1/t13-/m0/s1. The van der Waals surface area contributed by atoms with Crippen molar-refractivity contribution in [2.24, 2.45) is 0 Å². The highest BCUT2D eigenvalue weighted by atomic mass is 35.5. The number of quaternary nitrogens is 1. The van der Waals surface area contributed by atoms with Crippen molar-refractivity contribution in [2.75, 3.05) is 20.6 Å². The number of nitro groups is 1. The Morgan fingerprint density at radius 3 is 2.74 bits per heavy atom. The number of furan rings is 1. The van der Waals surface area contributed by atoms with Crippen LogP contribution in [0.25, 0.3) is 0 Å². The largest absolute Gasteiger partial charge is 0.463 e. The zero-order valence-corrected chi connectivity index (χ0v) is 13.5. The van der Waals surface area contributed by atoms with E-state index in [1.54, 1.807) is 12.3 Å². The molecule has 1 heterocycles. The fourth-order valence-electron chi connectivity index (χ4n) is 2.17. The van der Waals surface area contributed by atoms with Gasteiger partial charge in [-0.25, -0.2) is 0 Å². The maximum atomic E-state index is 12.2. The molecule has 1 aromatic heterocycles. The minimum absolute atomic E-state index is 0.00209. The van der Waals surface area contributed by atoms with Crippen molar-refractivity contribution in [1.82, 2.24) is 5.32 Å². The number of rotatable bonds is 6. The molecule has 2 N–H and O–H groups in total. The Balaban J connectivity index is 2.10. The van der Waals surface area contributed by atoms with E-state index in [2.05, 4.69) is 5.32 Å². The van der Waals surface area contributed by atoms with Crippen LogP contribution in [0.1, 0.15) is 22.2 Å². The van der Waals surface area contributed by atoms with Gasteiger partial charge < -0.3 is 14.6 Å². The van der Waals surface area contributed by atoms with Crippen molar-refractivity contribution in [3.63, 3.8) is 0 Å². The summed E-state index contributed by atoms with van der Waals surface area (Å²) in [6, 6.07) is 7.54. The number of hydrogen-bond donors (Lipinski definition) is 2. The van der Waals surface area contributed by atoms with Gasteiger partial charge in [-0.05, 0) is 24.3 Å². The van der Waals surface area contributed by atoms with Gasteiger partial charge >= 0.3 is 0 Å². The van der Waals surface area contributed by atoms with E-state index in [0.29, 0.717) is 6.54 Å². The lowest BCUT2D eigenvalue weighted by Gasteiger charge is -2.19. The second-order valence-corrected chi connectivity index (χ2v) is 5.69. The van der Waals surface area contributed by atoms with Gasteiger partial charge in [-0.2, -0.15) is 0 Å².